The van der Waals surface area contributed by atoms with Gasteiger partial charge in [-0.25, -0.2) is 15.0 Å². The summed E-state index contributed by atoms with van der Waals surface area (Å²) in [6, 6.07) is 2.97. The van der Waals surface area contributed by atoms with E-state index in [2.05, 4.69) is 25.3 Å². The fourth-order valence-electron chi connectivity index (χ4n) is 3.16. The van der Waals surface area contributed by atoms with Gasteiger partial charge in [0.05, 0.1) is 5.56 Å². The van der Waals surface area contributed by atoms with Crippen molar-refractivity contribution in [3.8, 4) is 0 Å². The second-order valence-electron chi connectivity index (χ2n) is 7.82. The molecule has 0 atom stereocenters. The normalized spacial score (nSPS) is 12.3. The quantitative estimate of drug-likeness (QED) is 0.378. The number of hydrogen-bond acceptors (Lipinski definition) is 7. The Morgan fingerprint density at radius 3 is 2.68 bits per heavy atom. The van der Waals surface area contributed by atoms with Gasteiger partial charge in [0.15, 0.2) is 5.78 Å². The number of rotatable bonds is 8. The number of aromatic nitrogens is 4. The summed E-state index contributed by atoms with van der Waals surface area (Å²) in [6.07, 6.45) is 0.611. The highest BCUT2D eigenvalue weighted by atomic mass is 19.4. The highest BCUT2D eigenvalue weighted by Gasteiger charge is 2.34. The fourth-order valence-corrected chi connectivity index (χ4v) is 3.16. The Morgan fingerprint density at radius 1 is 1.26 bits per heavy atom. The Bertz CT molecular complexity index is 1280. The molecule has 0 aromatic carbocycles. The van der Waals surface area contributed by atoms with E-state index in [0.717, 1.165) is 0 Å². The van der Waals surface area contributed by atoms with Crippen LogP contribution in [0.5, 0.6) is 0 Å². The topological polar surface area (TPSA) is 126 Å². The van der Waals surface area contributed by atoms with E-state index in [0.29, 0.717) is 16.6 Å². The third-order valence-corrected chi connectivity index (χ3v) is 4.85. The summed E-state index contributed by atoms with van der Waals surface area (Å²) in [5.41, 5.74) is -0.137. The molecule has 0 aliphatic rings. The summed E-state index contributed by atoms with van der Waals surface area (Å²) >= 11 is 0. The molecule has 34 heavy (non-hydrogen) atoms. The van der Waals surface area contributed by atoms with E-state index in [9.17, 15) is 22.8 Å². The van der Waals surface area contributed by atoms with Crippen LogP contribution in [-0.2, 0) is 4.79 Å². The summed E-state index contributed by atoms with van der Waals surface area (Å²) < 4.78 is 39.2. The van der Waals surface area contributed by atoms with Gasteiger partial charge < -0.3 is 15.3 Å². The lowest BCUT2D eigenvalue weighted by molar-refractivity contribution is -0.114. The summed E-state index contributed by atoms with van der Waals surface area (Å²) in [5, 5.41) is 10.1. The van der Waals surface area contributed by atoms with E-state index in [1.165, 1.54) is 31.6 Å². The molecule has 0 aliphatic heterocycles. The number of aliphatic imine (C=N–C) groups is 1. The van der Waals surface area contributed by atoms with Crippen molar-refractivity contribution in [1.82, 2.24) is 19.5 Å². The zero-order chi connectivity index (χ0) is 25.0. The zero-order valence-corrected chi connectivity index (χ0v) is 18.6. The van der Waals surface area contributed by atoms with Crippen molar-refractivity contribution in [2.24, 2.45) is 4.99 Å². The van der Waals surface area contributed by atoms with E-state index in [1.54, 1.807) is 12.4 Å². The number of ketones is 1. The monoisotopic (exact) mass is 473 g/mol. The number of nitrogens with one attached hydrogen (secondary N) is 2. The molecule has 0 unspecified atom stereocenters. The van der Waals surface area contributed by atoms with Crippen LogP contribution in [-0.4, -0.2) is 55.4 Å². The molecule has 2 N–H and O–H groups in total. The highest BCUT2D eigenvalue weighted by Crippen LogP contribution is 2.25. The molecule has 3 aromatic rings. The highest BCUT2D eigenvalue weighted by molar-refractivity contribution is 6.16. The first-order valence-corrected chi connectivity index (χ1v) is 10.2. The summed E-state index contributed by atoms with van der Waals surface area (Å²) in [5.74, 6) is -0.841. The Hall–Kier alpha value is -3.96. The summed E-state index contributed by atoms with van der Waals surface area (Å²) in [6.45, 7) is 4.79. The number of pyridine rings is 1. The SMILES string of the molecule is CC(CC(=N)C(F)(F)F)=NCC(=O)Nc1cc(C(=O)c2cn(C(C)C)c3ncncc23)ccn1. The summed E-state index contributed by atoms with van der Waals surface area (Å²) in [7, 11) is 0. The Balaban J connectivity index is 1.74. The first-order chi connectivity index (χ1) is 16.0. The van der Waals surface area contributed by atoms with Crippen molar-refractivity contribution in [3.63, 3.8) is 0 Å². The molecule has 3 heterocycles. The lowest BCUT2D eigenvalue weighted by Crippen LogP contribution is -2.24. The van der Waals surface area contributed by atoms with Gasteiger partial charge in [-0.2, -0.15) is 13.2 Å². The van der Waals surface area contributed by atoms with Gasteiger partial charge in [0, 0.05) is 47.7 Å². The van der Waals surface area contributed by atoms with E-state index in [4.69, 9.17) is 5.41 Å². The molecule has 0 saturated heterocycles. The molecule has 12 heteroatoms. The van der Waals surface area contributed by atoms with Crippen molar-refractivity contribution >= 4 is 40.0 Å². The number of fused-ring (bicyclic) bond motifs is 1. The van der Waals surface area contributed by atoms with E-state index >= 15 is 0 Å². The van der Waals surface area contributed by atoms with Crippen LogP contribution < -0.4 is 5.32 Å². The second kappa shape index (κ2) is 9.89. The van der Waals surface area contributed by atoms with Crippen LogP contribution in [0.4, 0.5) is 19.0 Å². The molecule has 0 bridgehead atoms. The maximum atomic E-state index is 13.2. The Kier molecular flexibility index (Phi) is 7.18. The standard InChI is InChI=1S/C22H22F3N7O2/c1-12(2)32-10-16(15-8-27-11-30-21(15)32)20(34)14-4-5-28-18(7-14)31-19(33)9-29-13(3)6-17(26)22(23,24)25/h4-5,7-8,10-12,26H,6,9H2,1-3H3,(H,28,31,33). The van der Waals surface area contributed by atoms with Crippen LogP contribution >= 0.6 is 0 Å². The van der Waals surface area contributed by atoms with Gasteiger partial charge in [-0.1, -0.05) is 0 Å². The van der Waals surface area contributed by atoms with Gasteiger partial charge in [-0.3, -0.25) is 14.6 Å². The minimum Gasteiger partial charge on any atom is -0.329 e. The van der Waals surface area contributed by atoms with Crippen LogP contribution in [0.15, 0.2) is 42.0 Å². The van der Waals surface area contributed by atoms with Gasteiger partial charge >= 0.3 is 6.18 Å². The van der Waals surface area contributed by atoms with E-state index in [-0.39, 0.29) is 28.9 Å². The van der Waals surface area contributed by atoms with Crippen molar-refractivity contribution in [3.05, 3.63) is 48.2 Å². The van der Waals surface area contributed by atoms with E-state index < -0.39 is 30.8 Å². The Labute approximate surface area is 192 Å². The number of carbonyl (C=O) groups excluding carboxylic acids is 2. The van der Waals surface area contributed by atoms with Crippen molar-refractivity contribution in [2.45, 2.75) is 39.4 Å². The van der Waals surface area contributed by atoms with Crippen LogP contribution in [0.2, 0.25) is 0 Å². The fraction of sp³-hybridized carbons (Fsp3) is 0.318. The first kappa shape index (κ1) is 24.7. The third-order valence-electron chi connectivity index (χ3n) is 4.85. The molecule has 9 nitrogen and oxygen atoms in total. The minimum atomic E-state index is -4.73. The van der Waals surface area contributed by atoms with Crippen molar-refractivity contribution in [2.75, 3.05) is 11.9 Å². The molecule has 0 saturated carbocycles. The average molecular weight is 473 g/mol. The molecule has 0 spiro atoms. The van der Waals surface area contributed by atoms with Gasteiger partial charge in [0.2, 0.25) is 5.91 Å². The molecule has 3 aromatic heterocycles. The van der Waals surface area contributed by atoms with Crippen LogP contribution in [0.1, 0.15) is 49.2 Å². The van der Waals surface area contributed by atoms with Crippen molar-refractivity contribution < 1.29 is 22.8 Å². The minimum absolute atomic E-state index is 0.00174. The largest absolute Gasteiger partial charge is 0.429 e. The number of halogens is 3. The number of carbonyl (C=O) groups is 2. The Morgan fingerprint density at radius 2 is 2.00 bits per heavy atom. The van der Waals surface area contributed by atoms with Gasteiger partial charge in [0.25, 0.3) is 0 Å². The number of anilines is 1. The molecular formula is C22H22F3N7O2. The first-order valence-electron chi connectivity index (χ1n) is 10.2. The number of alkyl halides is 3. The van der Waals surface area contributed by atoms with Gasteiger partial charge in [-0.15, -0.1) is 0 Å². The maximum Gasteiger partial charge on any atom is 0.429 e. The van der Waals surface area contributed by atoms with Crippen LogP contribution in [0, 0.1) is 5.41 Å². The zero-order valence-electron chi connectivity index (χ0n) is 18.6. The molecule has 178 valence electrons. The predicted molar refractivity (Wildman–Crippen MR) is 121 cm³/mol. The smallest absolute Gasteiger partial charge is 0.329 e. The molecule has 0 fully saturated rings. The lowest BCUT2D eigenvalue weighted by atomic mass is 10.1. The second-order valence-corrected chi connectivity index (χ2v) is 7.82. The number of hydrogen-bond donors (Lipinski definition) is 2. The number of nitrogens with zero attached hydrogens (tertiary/aromatic N) is 5. The molecule has 0 radical (unpaired) electrons. The maximum absolute atomic E-state index is 13.2. The van der Waals surface area contributed by atoms with Crippen LogP contribution in [0.25, 0.3) is 11.0 Å². The predicted octanol–water partition coefficient (Wildman–Crippen LogP) is 4.01. The molecule has 1 amide bonds. The summed E-state index contributed by atoms with van der Waals surface area (Å²) in [4.78, 5) is 41.4. The van der Waals surface area contributed by atoms with Crippen molar-refractivity contribution in [1.29, 1.82) is 5.41 Å². The number of amides is 1. The van der Waals surface area contributed by atoms with Gasteiger partial charge in [0.1, 0.15) is 30.0 Å². The third kappa shape index (κ3) is 5.69. The average Bonchev–Trinajstić information content (AvgIpc) is 3.17. The molecular weight excluding hydrogens is 451 g/mol. The van der Waals surface area contributed by atoms with Crippen LogP contribution in [0.3, 0.4) is 0 Å². The lowest BCUT2D eigenvalue weighted by Gasteiger charge is -2.08. The molecule has 3 rings (SSSR count). The van der Waals surface area contributed by atoms with E-state index in [1.807, 2.05) is 18.4 Å². The van der Waals surface area contributed by atoms with Gasteiger partial charge in [-0.05, 0) is 32.9 Å². The molecule has 0 aliphatic carbocycles.